The highest BCUT2D eigenvalue weighted by Crippen LogP contribution is 2.36. The number of imidazole rings is 2. The number of rotatable bonds is 8. The summed E-state index contributed by atoms with van der Waals surface area (Å²) >= 11 is 0. The first-order valence-corrected chi connectivity index (χ1v) is 26.8. The van der Waals surface area contributed by atoms with E-state index in [-0.39, 0.29) is 0 Å². The Kier molecular flexibility index (Phi) is 9.14. The summed E-state index contributed by atoms with van der Waals surface area (Å²) in [5.41, 5.74) is 10.6. The van der Waals surface area contributed by atoms with Crippen LogP contribution in [-0.2, 0) is 0 Å². The van der Waals surface area contributed by atoms with Crippen LogP contribution in [0.1, 0.15) is 0 Å². The zero-order chi connectivity index (χ0) is 48.0. The molecule has 0 aliphatic rings. The van der Waals surface area contributed by atoms with E-state index in [1.807, 2.05) is 6.07 Å². The molecule has 0 saturated carbocycles. The van der Waals surface area contributed by atoms with Crippen LogP contribution >= 0.6 is 0 Å². The first-order chi connectivity index (χ1) is 36.2. The van der Waals surface area contributed by atoms with Crippen LogP contribution in [0.4, 0.5) is 0 Å². The predicted molar refractivity (Wildman–Crippen MR) is 303 cm³/mol. The number of aromatic nitrogens is 7. The molecule has 73 heavy (non-hydrogen) atoms. The Morgan fingerprint density at radius 1 is 0.288 bits per heavy atom. The fourth-order valence-corrected chi connectivity index (χ4v) is 16.6. The quantitative estimate of drug-likeness (QED) is 0.113. The van der Waals surface area contributed by atoms with E-state index in [0.29, 0.717) is 5.82 Å². The van der Waals surface area contributed by atoms with E-state index in [1.165, 1.54) is 53.3 Å². The zero-order valence-electron chi connectivity index (χ0n) is 39.5. The van der Waals surface area contributed by atoms with Crippen molar-refractivity contribution >= 4 is 100 Å². The molecular formula is C65H43N7Si. The van der Waals surface area contributed by atoms with E-state index in [9.17, 15) is 0 Å². The minimum absolute atomic E-state index is 0.619. The number of fused-ring (bicyclic) bond motifs is 11. The zero-order valence-corrected chi connectivity index (χ0v) is 40.5. The van der Waals surface area contributed by atoms with Gasteiger partial charge in [0.1, 0.15) is 11.6 Å². The van der Waals surface area contributed by atoms with Crippen molar-refractivity contribution in [1.29, 1.82) is 0 Å². The first-order valence-electron chi connectivity index (χ1n) is 24.8. The average Bonchev–Trinajstić information content (AvgIpc) is 4.20. The third-order valence-electron chi connectivity index (χ3n) is 15.0. The molecule has 15 rings (SSSR count). The molecule has 8 heteroatoms. The third-order valence-corrected chi connectivity index (χ3v) is 19.7. The normalized spacial score (nSPS) is 12.1. The van der Waals surface area contributed by atoms with Crippen molar-refractivity contribution in [2.75, 3.05) is 0 Å². The number of para-hydroxylation sites is 8. The lowest BCUT2D eigenvalue weighted by Gasteiger charge is -2.35. The summed E-state index contributed by atoms with van der Waals surface area (Å²) in [6.07, 6.45) is 0. The summed E-state index contributed by atoms with van der Waals surface area (Å²) in [6.45, 7) is 0. The molecule has 342 valence electrons. The summed E-state index contributed by atoms with van der Waals surface area (Å²) in [5.74, 6) is 2.91. The Morgan fingerprint density at radius 2 is 0.726 bits per heavy atom. The van der Waals surface area contributed by atoms with Gasteiger partial charge in [0, 0.05) is 38.9 Å². The molecule has 5 aromatic heterocycles. The molecule has 5 heterocycles. The standard InChI is InChI=1S/C65H43N7Si/c1-3-21-46(22-4-1)73(47-23-5-2-6-24-47,49-25-19-20-45(42-49)69-55-31-12-7-26-50(55)51-27-8-13-32-56(51)69)48-40-38-44(39-41-48)64-67-62(70-57-33-14-9-28-52(57)53-29-10-15-34-58(53)70)43-63(68-64)72-61-37-18-17-36-60(61)71-59-35-16-11-30-54(59)66-65(71)72/h1-43H. The second-order valence-corrected chi connectivity index (χ2v) is 22.6. The molecule has 0 spiro atoms. The lowest BCUT2D eigenvalue weighted by molar-refractivity contribution is 0.980. The summed E-state index contributed by atoms with van der Waals surface area (Å²) < 4.78 is 9.15. The lowest BCUT2D eigenvalue weighted by Crippen LogP contribution is -2.74. The van der Waals surface area contributed by atoms with Crippen LogP contribution in [-0.4, -0.2) is 41.1 Å². The first kappa shape index (κ1) is 41.2. The minimum Gasteiger partial charge on any atom is -0.309 e. The fraction of sp³-hybridized carbons (Fsp3) is 0. The molecule has 0 radical (unpaired) electrons. The van der Waals surface area contributed by atoms with Gasteiger partial charge in [0.2, 0.25) is 5.78 Å². The molecule has 15 aromatic rings. The number of hydrogen-bond donors (Lipinski definition) is 0. The van der Waals surface area contributed by atoms with Crippen molar-refractivity contribution in [1.82, 2.24) is 33.1 Å². The Hall–Kier alpha value is -9.63. The van der Waals surface area contributed by atoms with E-state index in [2.05, 4.69) is 273 Å². The van der Waals surface area contributed by atoms with Gasteiger partial charge < -0.3 is 4.57 Å². The van der Waals surface area contributed by atoms with Crippen LogP contribution in [0.3, 0.4) is 0 Å². The number of hydrogen-bond acceptors (Lipinski definition) is 3. The molecule has 0 amide bonds. The van der Waals surface area contributed by atoms with Crippen LogP contribution in [0.15, 0.2) is 261 Å². The molecule has 0 unspecified atom stereocenters. The maximum absolute atomic E-state index is 5.54. The van der Waals surface area contributed by atoms with Gasteiger partial charge >= 0.3 is 0 Å². The SMILES string of the molecule is c1ccc([Si](c2ccccc2)(c2ccc(-c3nc(-n4c5ccccc5c5ccccc54)cc(-n4c5ccccc5n5c6ccccc6nc45)n3)cc2)c2cccc(-n3c4ccccc4c4ccccc43)c2)cc1. The average molecular weight is 950 g/mol. The molecule has 0 aliphatic heterocycles. The summed E-state index contributed by atoms with van der Waals surface area (Å²) in [4.78, 5) is 16.3. The molecule has 0 saturated heterocycles. The Morgan fingerprint density at radius 3 is 1.30 bits per heavy atom. The largest absolute Gasteiger partial charge is 0.309 e. The fourth-order valence-electron chi connectivity index (χ4n) is 11.9. The number of nitrogens with zero attached hydrogens (tertiary/aromatic N) is 7. The van der Waals surface area contributed by atoms with Crippen LogP contribution in [0.5, 0.6) is 0 Å². The highest BCUT2D eigenvalue weighted by Gasteiger charge is 2.42. The molecule has 7 nitrogen and oxygen atoms in total. The third kappa shape index (κ3) is 6.14. The maximum Gasteiger partial charge on any atom is 0.221 e. The van der Waals surface area contributed by atoms with Crippen LogP contribution in [0, 0.1) is 0 Å². The Bertz CT molecular complexity index is 4480. The molecule has 0 bridgehead atoms. The van der Waals surface area contributed by atoms with Crippen molar-refractivity contribution in [3.05, 3.63) is 261 Å². The molecular weight excluding hydrogens is 907 g/mol. The second kappa shape index (κ2) is 16.2. The van der Waals surface area contributed by atoms with Crippen molar-refractivity contribution in [3.63, 3.8) is 0 Å². The predicted octanol–water partition coefficient (Wildman–Crippen LogP) is 12.5. The van der Waals surface area contributed by atoms with Crippen molar-refractivity contribution in [2.24, 2.45) is 0 Å². The van der Waals surface area contributed by atoms with Gasteiger partial charge in [-0.05, 0) is 81.4 Å². The summed E-state index contributed by atoms with van der Waals surface area (Å²) in [5, 5.41) is 9.98. The molecule has 0 atom stereocenters. The second-order valence-electron chi connectivity index (χ2n) is 18.8. The van der Waals surface area contributed by atoms with Gasteiger partial charge in [0.05, 0.1) is 44.1 Å². The lowest BCUT2D eigenvalue weighted by atomic mass is 10.2. The van der Waals surface area contributed by atoms with Gasteiger partial charge in [0.15, 0.2) is 13.9 Å². The smallest absolute Gasteiger partial charge is 0.221 e. The number of benzene rings is 10. The Balaban J connectivity index is 0.970. The molecule has 0 aliphatic carbocycles. The van der Waals surface area contributed by atoms with E-state index in [4.69, 9.17) is 15.0 Å². The summed E-state index contributed by atoms with van der Waals surface area (Å²) in [6, 6.07) is 94.4. The monoisotopic (exact) mass is 949 g/mol. The topological polar surface area (TPSA) is 57.9 Å². The van der Waals surface area contributed by atoms with Crippen molar-refractivity contribution in [3.8, 4) is 28.7 Å². The van der Waals surface area contributed by atoms with Gasteiger partial charge in [-0.1, -0.05) is 194 Å². The van der Waals surface area contributed by atoms with E-state index >= 15 is 0 Å². The molecule has 0 N–H and O–H groups in total. The van der Waals surface area contributed by atoms with Crippen molar-refractivity contribution < 1.29 is 0 Å². The summed E-state index contributed by atoms with van der Waals surface area (Å²) in [7, 11) is -3.02. The van der Waals surface area contributed by atoms with Crippen LogP contribution in [0.2, 0.25) is 0 Å². The highest BCUT2D eigenvalue weighted by atomic mass is 28.3. The van der Waals surface area contributed by atoms with Crippen molar-refractivity contribution in [2.45, 2.75) is 0 Å². The van der Waals surface area contributed by atoms with Gasteiger partial charge in [-0.3, -0.25) is 13.5 Å². The van der Waals surface area contributed by atoms with E-state index < -0.39 is 8.07 Å². The maximum atomic E-state index is 5.54. The van der Waals surface area contributed by atoms with Gasteiger partial charge in [0.25, 0.3) is 0 Å². The van der Waals surface area contributed by atoms with Crippen LogP contribution in [0.25, 0.3) is 100 Å². The highest BCUT2D eigenvalue weighted by molar-refractivity contribution is 7.19. The van der Waals surface area contributed by atoms with Gasteiger partial charge in [-0.2, -0.15) is 0 Å². The van der Waals surface area contributed by atoms with Crippen LogP contribution < -0.4 is 20.7 Å². The Labute approximate surface area is 420 Å². The minimum atomic E-state index is -3.02. The van der Waals surface area contributed by atoms with Gasteiger partial charge in [-0.25, -0.2) is 15.0 Å². The molecule has 0 fully saturated rings. The van der Waals surface area contributed by atoms with E-state index in [0.717, 1.165) is 61.8 Å². The van der Waals surface area contributed by atoms with Gasteiger partial charge in [-0.15, -0.1) is 0 Å². The van der Waals surface area contributed by atoms with E-state index in [1.54, 1.807) is 0 Å². The molecule has 10 aromatic carbocycles.